The van der Waals surface area contributed by atoms with Gasteiger partial charge in [0.15, 0.2) is 0 Å². The largest absolute Gasteiger partial charge is 0.394 e. The van der Waals surface area contributed by atoms with Gasteiger partial charge < -0.3 is 32.1 Å². The molecule has 0 saturated carbocycles. The molecule has 0 bridgehead atoms. The maximum atomic E-state index is 9.33. The molecule has 0 amide bonds. The number of rotatable bonds is 5. The Bertz CT molecular complexity index is 220. The first-order valence-corrected chi connectivity index (χ1v) is 3.74. The molecule has 0 saturated heterocycles. The Morgan fingerprint density at radius 1 is 1.29 bits per heavy atom. The number of nitrogens with two attached hydrogens (primary N) is 2. The minimum atomic E-state index is -1.61. The normalized spacial score (nSPS) is 19.6. The summed E-state index contributed by atoms with van der Waals surface area (Å²) in [5.74, 6) is 9.65. The van der Waals surface area contributed by atoms with Gasteiger partial charge in [0.1, 0.15) is 24.0 Å². The molecule has 0 spiro atoms. The Hall–Kier alpha value is -1.22. The zero-order valence-electron chi connectivity index (χ0n) is 7.35. The number of hydrogen-bond donors (Lipinski definition) is 6. The van der Waals surface area contributed by atoms with Gasteiger partial charge in [-0.15, -0.1) is 0 Å². The summed E-state index contributed by atoms with van der Waals surface area (Å²) in [4.78, 5) is 0. The van der Waals surface area contributed by atoms with Crippen molar-refractivity contribution in [1.82, 2.24) is 0 Å². The Morgan fingerprint density at radius 3 is 2.21 bits per heavy atom. The highest BCUT2D eigenvalue weighted by molar-refractivity contribution is 6.32. The first-order valence-electron chi connectivity index (χ1n) is 3.74. The number of nitrogens with zero attached hydrogens (tertiary/aromatic N) is 2. The molecular weight excluding hydrogens is 192 g/mol. The van der Waals surface area contributed by atoms with Crippen LogP contribution in [0.15, 0.2) is 10.2 Å². The summed E-state index contributed by atoms with van der Waals surface area (Å²) in [6, 6.07) is 0. The molecule has 0 aromatic heterocycles. The van der Waals surface area contributed by atoms with Gasteiger partial charge in [-0.25, -0.2) is 0 Å². The molecule has 0 aliphatic heterocycles. The van der Waals surface area contributed by atoms with Crippen LogP contribution in [0.1, 0.15) is 0 Å². The van der Waals surface area contributed by atoms with Crippen LogP contribution in [-0.4, -0.2) is 57.3 Å². The van der Waals surface area contributed by atoms with Gasteiger partial charge in [0.2, 0.25) is 0 Å². The average Bonchev–Trinajstić information content (AvgIpc) is 2.22. The smallest absolute Gasteiger partial charge is 0.128 e. The lowest BCUT2D eigenvalue weighted by Gasteiger charge is -2.20. The van der Waals surface area contributed by atoms with E-state index in [0.29, 0.717) is 0 Å². The van der Waals surface area contributed by atoms with Crippen molar-refractivity contribution in [2.45, 2.75) is 18.3 Å². The van der Waals surface area contributed by atoms with Gasteiger partial charge in [-0.05, 0) is 0 Å². The molecule has 0 aromatic carbocycles. The van der Waals surface area contributed by atoms with Gasteiger partial charge in [-0.1, -0.05) is 0 Å². The molecule has 3 unspecified atom stereocenters. The molecule has 0 aliphatic carbocycles. The first kappa shape index (κ1) is 12.8. The fourth-order valence-electron chi connectivity index (χ4n) is 0.756. The Morgan fingerprint density at radius 2 is 1.86 bits per heavy atom. The highest BCUT2D eigenvalue weighted by Gasteiger charge is 2.27. The van der Waals surface area contributed by atoms with Gasteiger partial charge in [0.25, 0.3) is 0 Å². The lowest BCUT2D eigenvalue weighted by molar-refractivity contribution is -0.0549. The van der Waals surface area contributed by atoms with Crippen LogP contribution in [0.25, 0.3) is 0 Å². The van der Waals surface area contributed by atoms with Crippen LogP contribution in [0.5, 0.6) is 0 Å². The van der Waals surface area contributed by atoms with Crippen molar-refractivity contribution in [3.05, 3.63) is 0 Å². The number of hydrogen-bond acceptors (Lipinski definition) is 8. The predicted molar refractivity (Wildman–Crippen MR) is 49.4 cm³/mol. The number of aliphatic hydroxyl groups is 4. The third-order valence-electron chi connectivity index (χ3n) is 1.56. The zero-order valence-corrected chi connectivity index (χ0v) is 7.35. The maximum absolute atomic E-state index is 9.33. The lowest BCUT2D eigenvalue weighted by Crippen LogP contribution is -2.44. The molecule has 0 fully saturated rings. The third kappa shape index (κ3) is 3.26. The molecule has 8 heteroatoms. The van der Waals surface area contributed by atoms with Gasteiger partial charge >= 0.3 is 0 Å². The topological polar surface area (TPSA) is 158 Å². The van der Waals surface area contributed by atoms with Gasteiger partial charge in [-0.2, -0.15) is 10.2 Å². The van der Waals surface area contributed by atoms with Crippen LogP contribution in [0, 0.1) is 0 Å². The standard InChI is InChI=1S/C6H14N4O4/c7-9-1-3(10-8)5(13)6(14)4(12)2-11/h1,4-6,11-14H,2,7-8H2/b9-1-,10-3+. The van der Waals surface area contributed by atoms with Crippen LogP contribution in [0.3, 0.4) is 0 Å². The first-order chi connectivity index (χ1) is 6.58. The summed E-state index contributed by atoms with van der Waals surface area (Å²) in [5, 5.41) is 42.2. The van der Waals surface area contributed by atoms with E-state index in [1.807, 2.05) is 0 Å². The van der Waals surface area contributed by atoms with Crippen molar-refractivity contribution in [3.8, 4) is 0 Å². The molecule has 0 heterocycles. The molecule has 8 N–H and O–H groups in total. The van der Waals surface area contributed by atoms with Crippen LogP contribution >= 0.6 is 0 Å². The molecule has 0 radical (unpaired) electrons. The predicted octanol–water partition coefficient (Wildman–Crippen LogP) is -3.68. The van der Waals surface area contributed by atoms with Crippen LogP contribution < -0.4 is 11.7 Å². The minimum absolute atomic E-state index is 0.201. The fraction of sp³-hybridized carbons (Fsp3) is 0.667. The highest BCUT2D eigenvalue weighted by atomic mass is 16.4. The van der Waals surface area contributed by atoms with E-state index in [1.165, 1.54) is 0 Å². The molecule has 0 rings (SSSR count). The third-order valence-corrected chi connectivity index (χ3v) is 1.56. The summed E-state index contributed by atoms with van der Waals surface area (Å²) in [6.45, 7) is -0.699. The van der Waals surface area contributed by atoms with Gasteiger partial charge in [-0.3, -0.25) is 0 Å². The second-order valence-corrected chi connectivity index (χ2v) is 2.52. The van der Waals surface area contributed by atoms with Gasteiger partial charge in [0, 0.05) is 0 Å². The summed E-state index contributed by atoms with van der Waals surface area (Å²) >= 11 is 0. The number of aliphatic hydroxyl groups excluding tert-OH is 4. The van der Waals surface area contributed by atoms with E-state index in [-0.39, 0.29) is 5.71 Å². The van der Waals surface area contributed by atoms with Crippen molar-refractivity contribution < 1.29 is 20.4 Å². The Balaban J connectivity index is 4.50. The lowest BCUT2D eigenvalue weighted by atomic mass is 10.0. The van der Waals surface area contributed by atoms with E-state index < -0.39 is 24.9 Å². The van der Waals surface area contributed by atoms with Crippen molar-refractivity contribution in [2.75, 3.05) is 6.61 Å². The minimum Gasteiger partial charge on any atom is -0.394 e. The molecule has 0 aliphatic rings. The average molecular weight is 206 g/mol. The van der Waals surface area contributed by atoms with E-state index in [4.69, 9.17) is 21.9 Å². The summed E-state index contributed by atoms with van der Waals surface area (Å²) in [7, 11) is 0. The highest BCUT2D eigenvalue weighted by Crippen LogP contribution is 2.01. The SMILES string of the molecule is N/N=C\C(=N/N)C(O)C(O)C(O)CO. The Kier molecular flexibility index (Phi) is 5.72. The van der Waals surface area contributed by atoms with E-state index in [0.717, 1.165) is 6.21 Å². The molecule has 82 valence electrons. The summed E-state index contributed by atoms with van der Waals surface area (Å²) in [5.41, 5.74) is -0.201. The van der Waals surface area contributed by atoms with Crippen molar-refractivity contribution in [3.63, 3.8) is 0 Å². The summed E-state index contributed by atoms with van der Waals surface area (Å²) < 4.78 is 0. The molecule has 3 atom stereocenters. The fourth-order valence-corrected chi connectivity index (χ4v) is 0.756. The van der Waals surface area contributed by atoms with E-state index in [1.54, 1.807) is 0 Å². The maximum Gasteiger partial charge on any atom is 0.128 e. The quantitative estimate of drug-likeness (QED) is 0.154. The second kappa shape index (κ2) is 6.27. The molecular formula is C6H14N4O4. The molecule has 8 nitrogen and oxygen atoms in total. The van der Waals surface area contributed by atoms with E-state index in [2.05, 4.69) is 10.2 Å². The molecule has 14 heavy (non-hydrogen) atoms. The van der Waals surface area contributed by atoms with Gasteiger partial charge in [0.05, 0.1) is 12.8 Å². The second-order valence-electron chi connectivity index (χ2n) is 2.52. The van der Waals surface area contributed by atoms with Crippen LogP contribution in [0.4, 0.5) is 0 Å². The van der Waals surface area contributed by atoms with Crippen LogP contribution in [-0.2, 0) is 0 Å². The Labute approximate surface area is 80.2 Å². The van der Waals surface area contributed by atoms with Crippen molar-refractivity contribution >= 4 is 11.9 Å². The zero-order chi connectivity index (χ0) is 11.1. The molecule has 0 aromatic rings. The summed E-state index contributed by atoms with van der Waals surface area (Å²) in [6.07, 6.45) is -3.74. The monoisotopic (exact) mass is 206 g/mol. The van der Waals surface area contributed by atoms with Crippen molar-refractivity contribution in [2.24, 2.45) is 21.9 Å². The van der Waals surface area contributed by atoms with E-state index >= 15 is 0 Å². The van der Waals surface area contributed by atoms with Crippen LogP contribution in [0.2, 0.25) is 0 Å². The number of hydrazone groups is 2. The van der Waals surface area contributed by atoms with E-state index in [9.17, 15) is 10.2 Å². The van der Waals surface area contributed by atoms with Crippen molar-refractivity contribution in [1.29, 1.82) is 0 Å².